The molecule has 0 unspecified atom stereocenters. The van der Waals surface area contributed by atoms with E-state index in [1.807, 2.05) is 30.3 Å². The number of hydrogen-bond acceptors (Lipinski definition) is 4. The third-order valence-corrected chi connectivity index (χ3v) is 2.03. The summed E-state index contributed by atoms with van der Waals surface area (Å²) in [5.74, 6) is 0.661. The summed E-state index contributed by atoms with van der Waals surface area (Å²) in [4.78, 5) is 8.27. The first-order chi connectivity index (χ1) is 7.31. The fourth-order valence-electron chi connectivity index (χ4n) is 1.28. The van der Waals surface area contributed by atoms with Gasteiger partial charge in [0.05, 0.1) is 19.0 Å². The van der Waals surface area contributed by atoms with Crippen LogP contribution in [0.25, 0.3) is 11.3 Å². The lowest BCUT2D eigenvalue weighted by atomic mass is 10.2. The molecule has 2 N–H and O–H groups in total. The molecule has 1 aromatic carbocycles. The molecule has 0 atom stereocenters. The molecule has 0 spiro atoms. The molecule has 0 fully saturated rings. The third-order valence-electron chi connectivity index (χ3n) is 2.03. The van der Waals surface area contributed by atoms with Crippen molar-refractivity contribution in [3.05, 3.63) is 36.5 Å². The number of ether oxygens (including phenoxy) is 1. The van der Waals surface area contributed by atoms with Gasteiger partial charge in [0.1, 0.15) is 0 Å². The maximum atomic E-state index is 5.58. The second kappa shape index (κ2) is 3.96. The molecule has 1 heterocycles. The molecule has 0 radical (unpaired) electrons. The van der Waals surface area contributed by atoms with Gasteiger partial charge >= 0.3 is 0 Å². The minimum Gasteiger partial charge on any atom is -0.478 e. The molecule has 76 valence electrons. The van der Waals surface area contributed by atoms with Crippen LogP contribution in [0.1, 0.15) is 0 Å². The Morgan fingerprint density at radius 2 is 1.93 bits per heavy atom. The molecule has 4 nitrogen and oxygen atoms in total. The van der Waals surface area contributed by atoms with Crippen LogP contribution in [0.4, 0.5) is 5.82 Å². The lowest BCUT2D eigenvalue weighted by Gasteiger charge is -2.04. The van der Waals surface area contributed by atoms with Crippen molar-refractivity contribution in [2.24, 2.45) is 0 Å². The number of hydrogen-bond donors (Lipinski definition) is 1. The van der Waals surface area contributed by atoms with Gasteiger partial charge in [0, 0.05) is 5.56 Å². The van der Waals surface area contributed by atoms with Crippen molar-refractivity contribution in [1.82, 2.24) is 9.97 Å². The summed E-state index contributed by atoms with van der Waals surface area (Å²) in [6, 6.07) is 9.75. The smallest absolute Gasteiger partial charge is 0.257 e. The first-order valence-corrected chi connectivity index (χ1v) is 4.53. The monoisotopic (exact) mass is 201 g/mol. The Hall–Kier alpha value is -2.10. The highest BCUT2D eigenvalue weighted by atomic mass is 16.5. The molecule has 0 aliphatic heterocycles. The number of nitrogens with zero attached hydrogens (tertiary/aromatic N) is 2. The first-order valence-electron chi connectivity index (χ1n) is 4.53. The predicted octanol–water partition coefficient (Wildman–Crippen LogP) is 1.73. The van der Waals surface area contributed by atoms with Crippen molar-refractivity contribution >= 4 is 5.82 Å². The van der Waals surface area contributed by atoms with E-state index in [-0.39, 0.29) is 0 Å². The average Bonchev–Trinajstić information content (AvgIpc) is 2.31. The van der Waals surface area contributed by atoms with Crippen LogP contribution in [0.15, 0.2) is 36.5 Å². The largest absolute Gasteiger partial charge is 0.478 e. The van der Waals surface area contributed by atoms with E-state index in [0.717, 1.165) is 11.3 Å². The van der Waals surface area contributed by atoms with Crippen molar-refractivity contribution in [2.45, 2.75) is 0 Å². The quantitative estimate of drug-likeness (QED) is 0.803. The highest BCUT2D eigenvalue weighted by molar-refractivity contribution is 5.60. The fourth-order valence-corrected chi connectivity index (χ4v) is 1.28. The highest BCUT2D eigenvalue weighted by Gasteiger charge is 2.05. The zero-order chi connectivity index (χ0) is 10.7. The van der Waals surface area contributed by atoms with Gasteiger partial charge in [-0.2, -0.15) is 0 Å². The Labute approximate surface area is 87.7 Å². The SMILES string of the molecule is COc1nc(-c2ccccc2)cnc1N. The van der Waals surface area contributed by atoms with Crippen LogP contribution >= 0.6 is 0 Å². The van der Waals surface area contributed by atoms with Gasteiger partial charge in [-0.3, -0.25) is 0 Å². The third kappa shape index (κ3) is 1.88. The van der Waals surface area contributed by atoms with E-state index in [0.29, 0.717) is 11.7 Å². The summed E-state index contributed by atoms with van der Waals surface area (Å²) in [6.45, 7) is 0. The molecule has 2 rings (SSSR count). The van der Waals surface area contributed by atoms with Crippen LogP contribution in [-0.2, 0) is 0 Å². The molecular formula is C11H11N3O. The van der Waals surface area contributed by atoms with Crippen LogP contribution in [0.5, 0.6) is 5.88 Å². The van der Waals surface area contributed by atoms with Crippen molar-refractivity contribution in [3.63, 3.8) is 0 Å². The Kier molecular flexibility index (Phi) is 2.49. The van der Waals surface area contributed by atoms with Crippen molar-refractivity contribution in [1.29, 1.82) is 0 Å². The van der Waals surface area contributed by atoms with Gasteiger partial charge in [0.2, 0.25) is 0 Å². The molecule has 4 heteroatoms. The van der Waals surface area contributed by atoms with E-state index in [1.54, 1.807) is 6.20 Å². The van der Waals surface area contributed by atoms with E-state index in [1.165, 1.54) is 7.11 Å². The lowest BCUT2D eigenvalue weighted by molar-refractivity contribution is 0.399. The first kappa shape index (κ1) is 9.45. The number of anilines is 1. The molecular weight excluding hydrogens is 190 g/mol. The second-order valence-corrected chi connectivity index (χ2v) is 3.02. The summed E-state index contributed by atoms with van der Waals surface area (Å²) < 4.78 is 5.01. The standard InChI is InChI=1S/C11H11N3O/c1-15-11-10(12)13-7-9(14-11)8-5-3-2-4-6-8/h2-7H,1H3,(H2,12,13). The van der Waals surface area contributed by atoms with Crippen molar-refractivity contribution in [3.8, 4) is 17.1 Å². The van der Waals surface area contributed by atoms with Gasteiger partial charge in [0.15, 0.2) is 5.82 Å². The molecule has 1 aromatic heterocycles. The fraction of sp³-hybridized carbons (Fsp3) is 0.0909. The molecule has 0 saturated carbocycles. The Bertz CT molecular complexity index is 457. The number of rotatable bonds is 2. The maximum Gasteiger partial charge on any atom is 0.257 e. The van der Waals surface area contributed by atoms with E-state index >= 15 is 0 Å². The average molecular weight is 201 g/mol. The maximum absolute atomic E-state index is 5.58. The van der Waals surface area contributed by atoms with Crippen LogP contribution in [0.2, 0.25) is 0 Å². The van der Waals surface area contributed by atoms with Gasteiger partial charge in [0.25, 0.3) is 5.88 Å². The number of nitrogens with two attached hydrogens (primary N) is 1. The normalized spacial score (nSPS) is 9.93. The molecule has 0 aliphatic carbocycles. The summed E-state index contributed by atoms with van der Waals surface area (Å²) >= 11 is 0. The number of methoxy groups -OCH3 is 1. The summed E-state index contributed by atoms with van der Waals surface area (Å²) in [5.41, 5.74) is 7.32. The van der Waals surface area contributed by atoms with Crippen LogP contribution in [0, 0.1) is 0 Å². The van der Waals surface area contributed by atoms with E-state index < -0.39 is 0 Å². The Morgan fingerprint density at radius 1 is 1.20 bits per heavy atom. The molecule has 0 aliphatic rings. The van der Waals surface area contributed by atoms with Crippen LogP contribution in [0.3, 0.4) is 0 Å². The van der Waals surface area contributed by atoms with Gasteiger partial charge in [-0.15, -0.1) is 0 Å². The molecule has 0 saturated heterocycles. The zero-order valence-electron chi connectivity index (χ0n) is 8.34. The summed E-state index contributed by atoms with van der Waals surface area (Å²) in [5, 5.41) is 0. The molecule has 0 amide bonds. The van der Waals surface area contributed by atoms with Gasteiger partial charge in [-0.1, -0.05) is 30.3 Å². The Balaban J connectivity index is 2.46. The zero-order valence-corrected chi connectivity index (χ0v) is 8.34. The predicted molar refractivity (Wildman–Crippen MR) is 58.4 cm³/mol. The summed E-state index contributed by atoms with van der Waals surface area (Å²) in [6.07, 6.45) is 1.63. The second-order valence-electron chi connectivity index (χ2n) is 3.02. The summed E-state index contributed by atoms with van der Waals surface area (Å²) in [7, 11) is 1.52. The van der Waals surface area contributed by atoms with Crippen LogP contribution < -0.4 is 10.5 Å². The molecule has 15 heavy (non-hydrogen) atoms. The molecule has 2 aromatic rings. The minimum atomic E-state index is 0.303. The number of benzene rings is 1. The van der Waals surface area contributed by atoms with Crippen molar-refractivity contribution in [2.75, 3.05) is 12.8 Å². The topological polar surface area (TPSA) is 61.0 Å². The minimum absolute atomic E-state index is 0.303. The van der Waals surface area contributed by atoms with Gasteiger partial charge in [-0.25, -0.2) is 9.97 Å². The van der Waals surface area contributed by atoms with E-state index in [4.69, 9.17) is 10.5 Å². The van der Waals surface area contributed by atoms with E-state index in [9.17, 15) is 0 Å². The number of aromatic nitrogens is 2. The molecule has 0 bridgehead atoms. The van der Waals surface area contributed by atoms with Gasteiger partial charge in [-0.05, 0) is 0 Å². The Morgan fingerprint density at radius 3 is 2.60 bits per heavy atom. The highest BCUT2D eigenvalue weighted by Crippen LogP contribution is 2.21. The van der Waals surface area contributed by atoms with Gasteiger partial charge < -0.3 is 10.5 Å². The van der Waals surface area contributed by atoms with Crippen molar-refractivity contribution < 1.29 is 4.74 Å². The van der Waals surface area contributed by atoms with Crippen LogP contribution in [-0.4, -0.2) is 17.1 Å². The van der Waals surface area contributed by atoms with E-state index in [2.05, 4.69) is 9.97 Å². The number of nitrogen functional groups attached to an aromatic ring is 1. The lowest BCUT2D eigenvalue weighted by Crippen LogP contribution is -1.99.